The number of aliphatic hydroxyl groups excluding tert-OH is 1. The van der Waals surface area contributed by atoms with E-state index in [1.54, 1.807) is 6.20 Å². The number of hydrogen-bond donors (Lipinski definition) is 2. The lowest BCUT2D eigenvalue weighted by Gasteiger charge is -2.10. The quantitative estimate of drug-likeness (QED) is 0.842. The van der Waals surface area contributed by atoms with Gasteiger partial charge in [-0.05, 0) is 24.6 Å². The third-order valence-corrected chi connectivity index (χ3v) is 2.64. The van der Waals surface area contributed by atoms with Crippen molar-refractivity contribution in [2.24, 2.45) is 0 Å². The Morgan fingerprint density at radius 2 is 2.37 bits per heavy atom. The van der Waals surface area contributed by atoms with Crippen LogP contribution in [0.4, 0.5) is 5.69 Å². The lowest BCUT2D eigenvalue weighted by molar-refractivity contribution is 0.268. The van der Waals surface area contributed by atoms with Gasteiger partial charge in [0.2, 0.25) is 0 Å². The zero-order valence-corrected chi connectivity index (χ0v) is 10.6. The second kappa shape index (κ2) is 5.98. The fraction of sp³-hybridized carbons (Fsp3) is 0.308. The van der Waals surface area contributed by atoms with E-state index < -0.39 is 6.04 Å². The van der Waals surface area contributed by atoms with E-state index >= 15 is 0 Å². The number of nitrogens with one attached hydrogen (secondary N) is 1. The Hall–Kier alpha value is -2.39. The minimum Gasteiger partial charge on any atom is -0.394 e. The van der Waals surface area contributed by atoms with Crippen LogP contribution in [0.5, 0.6) is 0 Å². The molecule has 6 heteroatoms. The summed E-state index contributed by atoms with van der Waals surface area (Å²) in [4.78, 5) is 0. The molecule has 0 aliphatic rings. The van der Waals surface area contributed by atoms with E-state index in [2.05, 4.69) is 21.7 Å². The highest BCUT2D eigenvalue weighted by Crippen LogP contribution is 2.18. The van der Waals surface area contributed by atoms with Crippen molar-refractivity contribution in [3.63, 3.8) is 0 Å². The molecule has 0 saturated heterocycles. The van der Waals surface area contributed by atoms with E-state index in [-0.39, 0.29) is 6.61 Å². The van der Waals surface area contributed by atoms with Crippen molar-refractivity contribution in [2.45, 2.75) is 19.5 Å². The molecule has 98 valence electrons. The normalized spacial score (nSPS) is 11.8. The maximum atomic E-state index is 9.21. The molecule has 2 rings (SSSR count). The Kier molecular flexibility index (Phi) is 4.11. The summed E-state index contributed by atoms with van der Waals surface area (Å²) in [5, 5.41) is 28.9. The van der Waals surface area contributed by atoms with Crippen LogP contribution in [0.1, 0.15) is 17.3 Å². The Morgan fingerprint density at radius 3 is 3.05 bits per heavy atom. The molecule has 1 aromatic heterocycles. The SMILES string of the molecule is Cc1cccc(NC(C#N)c2cn(CCO)nn2)c1. The van der Waals surface area contributed by atoms with Crippen LogP contribution in [0.2, 0.25) is 0 Å². The summed E-state index contributed by atoms with van der Waals surface area (Å²) in [7, 11) is 0. The van der Waals surface area contributed by atoms with Gasteiger partial charge in [0.1, 0.15) is 5.69 Å². The summed E-state index contributed by atoms with van der Waals surface area (Å²) in [6.45, 7) is 2.35. The summed E-state index contributed by atoms with van der Waals surface area (Å²) >= 11 is 0. The van der Waals surface area contributed by atoms with Crippen molar-refractivity contribution < 1.29 is 5.11 Å². The van der Waals surface area contributed by atoms with Gasteiger partial charge in [-0.3, -0.25) is 0 Å². The standard InChI is InChI=1S/C13H15N5O/c1-10-3-2-4-11(7-10)15-12(8-14)13-9-18(5-6-19)17-16-13/h2-4,7,9,12,15,19H,5-6H2,1H3. The monoisotopic (exact) mass is 257 g/mol. The predicted octanol–water partition coefficient (Wildman–Crippen LogP) is 1.26. The first kappa shape index (κ1) is 13.1. The minimum atomic E-state index is -0.561. The fourth-order valence-corrected chi connectivity index (χ4v) is 1.73. The molecule has 19 heavy (non-hydrogen) atoms. The highest BCUT2D eigenvalue weighted by atomic mass is 16.3. The van der Waals surface area contributed by atoms with Gasteiger partial charge in [-0.2, -0.15) is 5.26 Å². The molecule has 2 N–H and O–H groups in total. The number of hydrogen-bond acceptors (Lipinski definition) is 5. The van der Waals surface area contributed by atoms with Crippen LogP contribution < -0.4 is 5.32 Å². The Morgan fingerprint density at radius 1 is 1.53 bits per heavy atom. The average molecular weight is 257 g/mol. The van der Waals surface area contributed by atoms with Gasteiger partial charge in [-0.15, -0.1) is 5.10 Å². The van der Waals surface area contributed by atoms with Gasteiger partial charge in [0.05, 0.1) is 25.4 Å². The molecule has 0 spiro atoms. The number of aliphatic hydroxyl groups is 1. The first-order valence-corrected chi connectivity index (χ1v) is 5.96. The van der Waals surface area contributed by atoms with Crippen LogP contribution in [0, 0.1) is 18.3 Å². The second-order valence-corrected chi connectivity index (χ2v) is 4.21. The average Bonchev–Trinajstić information content (AvgIpc) is 2.85. The smallest absolute Gasteiger partial charge is 0.160 e. The number of aryl methyl sites for hydroxylation is 1. The van der Waals surface area contributed by atoms with Crippen LogP contribution in [0.3, 0.4) is 0 Å². The first-order valence-electron chi connectivity index (χ1n) is 5.96. The van der Waals surface area contributed by atoms with E-state index in [0.717, 1.165) is 11.3 Å². The number of benzene rings is 1. The lowest BCUT2D eigenvalue weighted by atomic mass is 10.2. The highest BCUT2D eigenvalue weighted by Gasteiger charge is 2.14. The molecule has 0 fully saturated rings. The molecule has 0 amide bonds. The Bertz CT molecular complexity index is 587. The van der Waals surface area contributed by atoms with Crippen molar-refractivity contribution in [1.29, 1.82) is 5.26 Å². The van der Waals surface area contributed by atoms with Crippen molar-refractivity contribution in [3.8, 4) is 6.07 Å². The molecule has 0 aliphatic carbocycles. The van der Waals surface area contributed by atoms with Crippen LogP contribution in [-0.2, 0) is 6.54 Å². The molecule has 0 aliphatic heterocycles. The third-order valence-electron chi connectivity index (χ3n) is 2.64. The van der Waals surface area contributed by atoms with E-state index in [1.165, 1.54) is 4.68 Å². The molecular formula is C13H15N5O. The highest BCUT2D eigenvalue weighted by molar-refractivity contribution is 5.48. The van der Waals surface area contributed by atoms with Crippen molar-refractivity contribution >= 4 is 5.69 Å². The molecule has 2 aromatic rings. The Balaban J connectivity index is 2.13. The molecule has 0 saturated carbocycles. The first-order chi connectivity index (χ1) is 9.22. The van der Waals surface area contributed by atoms with Gasteiger partial charge >= 0.3 is 0 Å². The number of nitriles is 1. The van der Waals surface area contributed by atoms with Crippen LogP contribution in [-0.4, -0.2) is 26.7 Å². The van der Waals surface area contributed by atoms with Crippen LogP contribution in [0.25, 0.3) is 0 Å². The summed E-state index contributed by atoms with van der Waals surface area (Å²) in [6.07, 6.45) is 1.66. The largest absolute Gasteiger partial charge is 0.394 e. The molecule has 1 atom stereocenters. The summed E-state index contributed by atoms with van der Waals surface area (Å²) in [6, 6.07) is 9.37. The van der Waals surface area contributed by atoms with Gasteiger partial charge in [-0.1, -0.05) is 17.3 Å². The molecular weight excluding hydrogens is 242 g/mol. The van der Waals surface area contributed by atoms with Gasteiger partial charge in [0.25, 0.3) is 0 Å². The van der Waals surface area contributed by atoms with E-state index in [9.17, 15) is 5.26 Å². The topological polar surface area (TPSA) is 86.8 Å². The molecule has 6 nitrogen and oxygen atoms in total. The second-order valence-electron chi connectivity index (χ2n) is 4.21. The maximum Gasteiger partial charge on any atom is 0.160 e. The zero-order valence-electron chi connectivity index (χ0n) is 10.6. The summed E-state index contributed by atoms with van der Waals surface area (Å²) in [5.74, 6) is 0. The fourth-order valence-electron chi connectivity index (χ4n) is 1.73. The number of aromatic nitrogens is 3. The maximum absolute atomic E-state index is 9.21. The molecule has 0 radical (unpaired) electrons. The lowest BCUT2D eigenvalue weighted by Crippen LogP contribution is -2.09. The van der Waals surface area contributed by atoms with Gasteiger partial charge < -0.3 is 10.4 Å². The van der Waals surface area contributed by atoms with Crippen LogP contribution in [0.15, 0.2) is 30.5 Å². The zero-order chi connectivity index (χ0) is 13.7. The van der Waals surface area contributed by atoms with Crippen molar-refractivity contribution in [2.75, 3.05) is 11.9 Å². The summed E-state index contributed by atoms with van der Waals surface area (Å²) < 4.78 is 1.51. The minimum absolute atomic E-state index is 0.00860. The van der Waals surface area contributed by atoms with Gasteiger partial charge in [0, 0.05) is 5.69 Å². The number of anilines is 1. The third kappa shape index (κ3) is 3.30. The van der Waals surface area contributed by atoms with Crippen molar-refractivity contribution in [1.82, 2.24) is 15.0 Å². The molecule has 0 bridgehead atoms. The van der Waals surface area contributed by atoms with E-state index in [0.29, 0.717) is 12.2 Å². The van der Waals surface area contributed by atoms with E-state index in [4.69, 9.17) is 5.11 Å². The van der Waals surface area contributed by atoms with E-state index in [1.807, 2.05) is 31.2 Å². The van der Waals surface area contributed by atoms with Gasteiger partial charge in [-0.25, -0.2) is 4.68 Å². The number of rotatable bonds is 5. The van der Waals surface area contributed by atoms with Gasteiger partial charge in [0.15, 0.2) is 6.04 Å². The van der Waals surface area contributed by atoms with Crippen molar-refractivity contribution in [3.05, 3.63) is 41.7 Å². The molecule has 1 heterocycles. The summed E-state index contributed by atoms with van der Waals surface area (Å²) in [5.41, 5.74) is 2.52. The van der Waals surface area contributed by atoms with Crippen LogP contribution >= 0.6 is 0 Å². The Labute approximate surface area is 111 Å². The molecule has 1 unspecified atom stereocenters. The number of nitrogens with zero attached hydrogens (tertiary/aromatic N) is 4. The predicted molar refractivity (Wildman–Crippen MR) is 70.3 cm³/mol. The molecule has 1 aromatic carbocycles.